The molecule has 0 amide bonds. The van der Waals surface area contributed by atoms with Crippen molar-refractivity contribution >= 4 is 11.9 Å². The van der Waals surface area contributed by atoms with Crippen molar-refractivity contribution in [2.75, 3.05) is 0 Å². The second kappa shape index (κ2) is 10.1. The number of esters is 2. The Kier molecular flexibility index (Phi) is 7.54. The largest absolute Gasteiger partial charge is 0.443 e. The van der Waals surface area contributed by atoms with Gasteiger partial charge in [0.2, 0.25) is 0 Å². The number of carbonyl (C=O) groups excluding carboxylic acids is 2. The third-order valence-electron chi connectivity index (χ3n) is 3.45. The van der Waals surface area contributed by atoms with Crippen molar-refractivity contribution in [1.29, 1.82) is 0 Å². The van der Waals surface area contributed by atoms with Gasteiger partial charge >= 0.3 is 11.9 Å². The molecule has 2 unspecified atom stereocenters. The molecule has 0 saturated carbocycles. The van der Waals surface area contributed by atoms with E-state index in [1.165, 1.54) is 0 Å². The molecule has 0 aliphatic carbocycles. The van der Waals surface area contributed by atoms with Crippen LogP contribution < -0.4 is 11.5 Å². The smallest absolute Gasteiger partial charge is 0.332 e. The van der Waals surface area contributed by atoms with E-state index < -0.39 is 24.4 Å². The first kappa shape index (κ1) is 19.4. The molecule has 6 nitrogen and oxygen atoms in total. The minimum atomic E-state index is -0.800. The Labute approximate surface area is 152 Å². The number of hydrogen-bond acceptors (Lipinski definition) is 6. The van der Waals surface area contributed by atoms with Gasteiger partial charge in [-0.15, -0.1) is 0 Å². The first-order valence-electron chi connectivity index (χ1n) is 8.21. The van der Waals surface area contributed by atoms with Crippen LogP contribution in [0.3, 0.4) is 0 Å². The van der Waals surface area contributed by atoms with Crippen molar-refractivity contribution in [2.24, 2.45) is 11.5 Å². The fourth-order valence-electron chi connectivity index (χ4n) is 2.29. The Morgan fingerprint density at radius 3 is 1.42 bits per heavy atom. The summed E-state index contributed by atoms with van der Waals surface area (Å²) >= 11 is 0. The maximum absolute atomic E-state index is 11.7. The maximum Gasteiger partial charge on any atom is 0.332 e. The summed E-state index contributed by atoms with van der Waals surface area (Å²) < 4.78 is 10.0. The van der Waals surface area contributed by atoms with Crippen LogP contribution in [0.1, 0.15) is 11.1 Å². The minimum Gasteiger partial charge on any atom is -0.443 e. The van der Waals surface area contributed by atoms with Gasteiger partial charge in [-0.2, -0.15) is 0 Å². The van der Waals surface area contributed by atoms with Crippen LogP contribution in [-0.4, -0.2) is 24.4 Å². The number of benzene rings is 2. The second-order valence-corrected chi connectivity index (χ2v) is 5.66. The first-order chi connectivity index (χ1) is 12.5. The topological polar surface area (TPSA) is 105 Å². The number of hydrogen-bond donors (Lipinski definition) is 2. The van der Waals surface area contributed by atoms with Crippen LogP contribution in [0.4, 0.5) is 0 Å². The van der Waals surface area contributed by atoms with Gasteiger partial charge in [-0.25, -0.2) is 9.59 Å². The SMILES string of the molecule is NC(Cc1ccccc1)OC(=O)/C=C\C(=O)OC(N)Cc1ccccc1. The molecule has 0 bridgehead atoms. The lowest BCUT2D eigenvalue weighted by atomic mass is 10.1. The van der Waals surface area contributed by atoms with Crippen molar-refractivity contribution < 1.29 is 19.1 Å². The molecule has 0 fully saturated rings. The molecular formula is C20H22N2O4. The molecule has 0 aliphatic rings. The highest BCUT2D eigenvalue weighted by Gasteiger charge is 2.11. The van der Waals surface area contributed by atoms with Crippen LogP contribution in [-0.2, 0) is 31.9 Å². The van der Waals surface area contributed by atoms with E-state index in [9.17, 15) is 9.59 Å². The lowest BCUT2D eigenvalue weighted by molar-refractivity contribution is -0.145. The molecule has 2 rings (SSSR count). The third-order valence-corrected chi connectivity index (χ3v) is 3.45. The van der Waals surface area contributed by atoms with E-state index in [1.807, 2.05) is 60.7 Å². The summed E-state index contributed by atoms with van der Waals surface area (Å²) in [7, 11) is 0. The van der Waals surface area contributed by atoms with Crippen molar-refractivity contribution in [2.45, 2.75) is 25.3 Å². The molecule has 0 radical (unpaired) electrons. The zero-order chi connectivity index (χ0) is 18.8. The van der Waals surface area contributed by atoms with Crippen LogP contribution in [0.5, 0.6) is 0 Å². The van der Waals surface area contributed by atoms with E-state index in [0.29, 0.717) is 12.8 Å². The van der Waals surface area contributed by atoms with E-state index in [1.54, 1.807) is 0 Å². The van der Waals surface area contributed by atoms with Crippen LogP contribution in [0.2, 0.25) is 0 Å². The lowest BCUT2D eigenvalue weighted by Gasteiger charge is -2.12. The molecule has 2 aromatic carbocycles. The third kappa shape index (κ3) is 7.29. The summed E-state index contributed by atoms with van der Waals surface area (Å²) in [6.07, 6.45) is 1.11. The highest BCUT2D eigenvalue weighted by atomic mass is 16.6. The molecule has 26 heavy (non-hydrogen) atoms. The maximum atomic E-state index is 11.7. The molecule has 0 aliphatic heterocycles. The Bertz CT molecular complexity index is 668. The Balaban J connectivity index is 1.73. The van der Waals surface area contributed by atoms with Gasteiger partial charge in [0, 0.05) is 25.0 Å². The van der Waals surface area contributed by atoms with E-state index in [0.717, 1.165) is 23.3 Å². The number of ether oxygens (including phenoxy) is 2. The quantitative estimate of drug-likeness (QED) is 0.425. The first-order valence-corrected chi connectivity index (χ1v) is 8.21. The fourth-order valence-corrected chi connectivity index (χ4v) is 2.29. The normalized spacial score (nSPS) is 13.2. The molecule has 0 saturated heterocycles. The molecule has 4 N–H and O–H groups in total. The predicted octanol–water partition coefficient (Wildman–Crippen LogP) is 1.68. The molecule has 0 heterocycles. The van der Waals surface area contributed by atoms with Crippen molar-refractivity contribution in [1.82, 2.24) is 0 Å². The monoisotopic (exact) mass is 354 g/mol. The summed E-state index contributed by atoms with van der Waals surface area (Å²) in [5, 5.41) is 0. The van der Waals surface area contributed by atoms with Gasteiger partial charge in [0.15, 0.2) is 12.5 Å². The average Bonchev–Trinajstić information content (AvgIpc) is 2.61. The van der Waals surface area contributed by atoms with Crippen LogP contribution in [0.25, 0.3) is 0 Å². The summed E-state index contributed by atoms with van der Waals surface area (Å²) in [4.78, 5) is 23.4. The van der Waals surface area contributed by atoms with Gasteiger partial charge in [0.25, 0.3) is 0 Å². The van der Waals surface area contributed by atoms with Gasteiger partial charge in [-0.05, 0) is 11.1 Å². The van der Waals surface area contributed by atoms with Crippen LogP contribution in [0.15, 0.2) is 72.8 Å². The Morgan fingerprint density at radius 1 is 0.731 bits per heavy atom. The van der Waals surface area contributed by atoms with Crippen molar-refractivity contribution in [3.63, 3.8) is 0 Å². The van der Waals surface area contributed by atoms with Crippen molar-refractivity contribution in [3.05, 3.63) is 83.9 Å². The highest BCUT2D eigenvalue weighted by Crippen LogP contribution is 2.04. The number of nitrogens with two attached hydrogens (primary N) is 2. The molecule has 136 valence electrons. The van der Waals surface area contributed by atoms with Gasteiger partial charge < -0.3 is 9.47 Å². The van der Waals surface area contributed by atoms with Crippen LogP contribution >= 0.6 is 0 Å². The second-order valence-electron chi connectivity index (χ2n) is 5.66. The molecule has 2 aromatic rings. The van der Waals surface area contributed by atoms with Crippen LogP contribution in [0, 0.1) is 0 Å². The van der Waals surface area contributed by atoms with E-state index in [4.69, 9.17) is 20.9 Å². The fraction of sp³-hybridized carbons (Fsp3) is 0.200. The Morgan fingerprint density at radius 2 is 1.08 bits per heavy atom. The van der Waals surface area contributed by atoms with Gasteiger partial charge in [0.05, 0.1) is 0 Å². The zero-order valence-corrected chi connectivity index (χ0v) is 14.3. The van der Waals surface area contributed by atoms with Gasteiger partial charge in [-0.1, -0.05) is 60.7 Å². The molecule has 0 aromatic heterocycles. The van der Waals surface area contributed by atoms with Gasteiger partial charge in [0.1, 0.15) is 0 Å². The molecular weight excluding hydrogens is 332 g/mol. The van der Waals surface area contributed by atoms with Gasteiger partial charge in [-0.3, -0.25) is 11.5 Å². The highest BCUT2D eigenvalue weighted by molar-refractivity contribution is 5.91. The summed E-state index contributed by atoms with van der Waals surface area (Å²) in [5.41, 5.74) is 13.4. The Hall–Kier alpha value is -2.96. The van der Waals surface area contributed by atoms with E-state index in [2.05, 4.69) is 0 Å². The lowest BCUT2D eigenvalue weighted by Crippen LogP contribution is -2.29. The standard InChI is InChI=1S/C20H22N2O4/c21-17(13-15-7-3-1-4-8-15)25-19(23)11-12-20(24)26-18(22)14-16-9-5-2-6-10-16/h1-12,17-18H,13-14,21-22H2/b12-11-. The zero-order valence-electron chi connectivity index (χ0n) is 14.3. The number of carbonyl (C=O) groups is 2. The average molecular weight is 354 g/mol. The minimum absolute atomic E-state index is 0.382. The summed E-state index contributed by atoms with van der Waals surface area (Å²) in [6, 6.07) is 18.8. The van der Waals surface area contributed by atoms with Crippen molar-refractivity contribution in [3.8, 4) is 0 Å². The summed E-state index contributed by atoms with van der Waals surface area (Å²) in [5.74, 6) is -1.44. The molecule has 2 atom stereocenters. The predicted molar refractivity (Wildman–Crippen MR) is 97.6 cm³/mol. The molecule has 0 spiro atoms. The van der Waals surface area contributed by atoms with E-state index in [-0.39, 0.29) is 0 Å². The number of rotatable bonds is 8. The summed E-state index contributed by atoms with van der Waals surface area (Å²) in [6.45, 7) is 0. The molecule has 6 heteroatoms. The van der Waals surface area contributed by atoms with E-state index >= 15 is 0 Å².